The minimum absolute atomic E-state index is 0.00796. The Bertz CT molecular complexity index is 936. The number of hydrogen-bond acceptors (Lipinski definition) is 6. The van der Waals surface area contributed by atoms with Crippen molar-refractivity contribution in [1.82, 2.24) is 25.0 Å². The molecule has 0 saturated carbocycles. The maximum absolute atomic E-state index is 12.6. The largest absolute Gasteiger partial charge is 0.350 e. The zero-order valence-corrected chi connectivity index (χ0v) is 18.8. The monoisotopic (exact) mass is 441 g/mol. The molecule has 1 amide bonds. The molecule has 0 spiro atoms. The quantitative estimate of drug-likeness (QED) is 0.533. The Hall–Kier alpha value is -2.16. The number of likely N-dealkylation sites (tertiary alicyclic amines) is 1. The number of aromatic nitrogens is 3. The number of carbonyl (C=O) groups excluding carboxylic acids is 1. The van der Waals surface area contributed by atoms with Gasteiger partial charge in [0.2, 0.25) is 5.91 Å². The van der Waals surface area contributed by atoms with E-state index in [0.717, 1.165) is 41.2 Å². The minimum atomic E-state index is -0.264. The van der Waals surface area contributed by atoms with Gasteiger partial charge in [0, 0.05) is 10.6 Å². The van der Waals surface area contributed by atoms with E-state index in [2.05, 4.69) is 37.1 Å². The standard InChI is InChI=1S/C22H27N5OS2/c1-17(21(28)23-15-19-11-8-14-29-19)30-22-25-24-20(16-26-12-6-3-7-13-26)27(22)18-9-4-2-5-10-18/h2,4-5,8-11,14,17H,3,6-7,12-13,15-16H2,1H3,(H,23,28). The lowest BCUT2D eigenvalue weighted by Crippen LogP contribution is -2.31. The Labute approximate surface area is 185 Å². The van der Waals surface area contributed by atoms with Gasteiger partial charge in [0.05, 0.1) is 18.3 Å². The highest BCUT2D eigenvalue weighted by Gasteiger charge is 2.22. The van der Waals surface area contributed by atoms with E-state index in [1.54, 1.807) is 11.3 Å². The van der Waals surface area contributed by atoms with Gasteiger partial charge in [-0.3, -0.25) is 14.3 Å². The zero-order chi connectivity index (χ0) is 20.8. The van der Waals surface area contributed by atoms with Gasteiger partial charge in [0.25, 0.3) is 0 Å². The lowest BCUT2D eigenvalue weighted by molar-refractivity contribution is -0.120. The van der Waals surface area contributed by atoms with Crippen LogP contribution >= 0.6 is 23.1 Å². The summed E-state index contributed by atoms with van der Waals surface area (Å²) in [6.45, 7) is 5.47. The third-order valence-corrected chi connectivity index (χ3v) is 7.12. The first kappa shape index (κ1) is 21.1. The number of rotatable bonds is 8. The molecule has 1 unspecified atom stereocenters. The van der Waals surface area contributed by atoms with E-state index in [0.29, 0.717) is 6.54 Å². The molecule has 0 bridgehead atoms. The van der Waals surface area contributed by atoms with Gasteiger partial charge < -0.3 is 5.32 Å². The predicted octanol–water partition coefficient (Wildman–Crippen LogP) is 4.11. The Kier molecular flexibility index (Phi) is 7.20. The van der Waals surface area contributed by atoms with E-state index in [1.165, 1.54) is 31.0 Å². The molecule has 8 heteroatoms. The van der Waals surface area contributed by atoms with E-state index >= 15 is 0 Å². The van der Waals surface area contributed by atoms with E-state index in [1.807, 2.05) is 42.6 Å². The molecule has 1 N–H and O–H groups in total. The first-order valence-corrected chi connectivity index (χ1v) is 12.2. The van der Waals surface area contributed by atoms with Crippen molar-refractivity contribution in [2.75, 3.05) is 13.1 Å². The van der Waals surface area contributed by atoms with Gasteiger partial charge in [-0.2, -0.15) is 0 Å². The van der Waals surface area contributed by atoms with Crippen LogP contribution in [-0.2, 0) is 17.9 Å². The van der Waals surface area contributed by atoms with Crippen LogP contribution in [0.25, 0.3) is 5.69 Å². The summed E-state index contributed by atoms with van der Waals surface area (Å²) in [6.07, 6.45) is 3.78. The predicted molar refractivity (Wildman–Crippen MR) is 122 cm³/mol. The molecule has 4 rings (SSSR count). The third-order valence-electron chi connectivity index (χ3n) is 5.20. The summed E-state index contributed by atoms with van der Waals surface area (Å²) in [5.74, 6) is 0.936. The number of nitrogens with zero attached hydrogens (tertiary/aromatic N) is 4. The minimum Gasteiger partial charge on any atom is -0.350 e. The van der Waals surface area contributed by atoms with Gasteiger partial charge in [-0.05, 0) is 56.4 Å². The highest BCUT2D eigenvalue weighted by Crippen LogP contribution is 2.27. The van der Waals surface area contributed by atoms with Crippen LogP contribution in [0.15, 0.2) is 53.0 Å². The van der Waals surface area contributed by atoms with Crippen molar-refractivity contribution in [3.05, 3.63) is 58.5 Å². The molecule has 1 saturated heterocycles. The summed E-state index contributed by atoms with van der Waals surface area (Å²) in [5.41, 5.74) is 1.03. The second-order valence-corrected chi connectivity index (χ2v) is 9.80. The summed E-state index contributed by atoms with van der Waals surface area (Å²) < 4.78 is 2.10. The number of benzene rings is 1. The van der Waals surface area contributed by atoms with E-state index in [9.17, 15) is 4.79 Å². The molecule has 1 atom stereocenters. The van der Waals surface area contributed by atoms with Crippen molar-refractivity contribution in [2.45, 2.75) is 49.7 Å². The maximum Gasteiger partial charge on any atom is 0.233 e. The average molecular weight is 442 g/mol. The lowest BCUT2D eigenvalue weighted by atomic mass is 10.1. The van der Waals surface area contributed by atoms with Gasteiger partial charge in [-0.15, -0.1) is 21.5 Å². The summed E-state index contributed by atoms with van der Waals surface area (Å²) in [6, 6.07) is 14.2. The first-order valence-electron chi connectivity index (χ1n) is 10.4. The van der Waals surface area contributed by atoms with Gasteiger partial charge >= 0.3 is 0 Å². The Morgan fingerprint density at radius 1 is 1.13 bits per heavy atom. The highest BCUT2D eigenvalue weighted by atomic mass is 32.2. The molecule has 0 radical (unpaired) electrons. The number of carbonyl (C=O) groups is 1. The normalized spacial score (nSPS) is 15.8. The van der Waals surface area contributed by atoms with Gasteiger partial charge in [-0.25, -0.2) is 0 Å². The van der Waals surface area contributed by atoms with Crippen LogP contribution < -0.4 is 5.32 Å². The highest BCUT2D eigenvalue weighted by molar-refractivity contribution is 8.00. The van der Waals surface area contributed by atoms with Crippen LogP contribution in [0.1, 0.15) is 36.9 Å². The van der Waals surface area contributed by atoms with E-state index in [-0.39, 0.29) is 11.2 Å². The van der Waals surface area contributed by atoms with Crippen LogP contribution in [0.5, 0.6) is 0 Å². The number of hydrogen-bond donors (Lipinski definition) is 1. The van der Waals surface area contributed by atoms with Gasteiger partial charge in [-0.1, -0.05) is 42.4 Å². The fourth-order valence-electron chi connectivity index (χ4n) is 3.58. The fraction of sp³-hybridized carbons (Fsp3) is 0.409. The number of amides is 1. The number of thiophene rings is 1. The average Bonchev–Trinajstić information content (AvgIpc) is 3.43. The number of thioether (sulfide) groups is 1. The molecule has 1 aromatic carbocycles. The molecular weight excluding hydrogens is 414 g/mol. The van der Waals surface area contributed by atoms with Crippen molar-refractivity contribution in [3.8, 4) is 5.69 Å². The topological polar surface area (TPSA) is 63.1 Å². The van der Waals surface area contributed by atoms with Crippen molar-refractivity contribution >= 4 is 29.0 Å². The molecule has 30 heavy (non-hydrogen) atoms. The summed E-state index contributed by atoms with van der Waals surface area (Å²) in [7, 11) is 0. The summed E-state index contributed by atoms with van der Waals surface area (Å²) in [5, 5.41) is 14.5. The molecule has 1 aliphatic rings. The summed E-state index contributed by atoms with van der Waals surface area (Å²) >= 11 is 3.10. The molecular formula is C22H27N5OS2. The van der Waals surface area contributed by atoms with Crippen molar-refractivity contribution < 1.29 is 4.79 Å². The first-order chi connectivity index (χ1) is 14.7. The van der Waals surface area contributed by atoms with E-state index < -0.39 is 0 Å². The van der Waals surface area contributed by atoms with Crippen LogP contribution in [0, 0.1) is 0 Å². The van der Waals surface area contributed by atoms with Crippen LogP contribution in [-0.4, -0.2) is 43.9 Å². The Morgan fingerprint density at radius 3 is 2.67 bits per heavy atom. The Morgan fingerprint density at radius 2 is 1.93 bits per heavy atom. The molecule has 1 fully saturated rings. The van der Waals surface area contributed by atoms with E-state index in [4.69, 9.17) is 0 Å². The smallest absolute Gasteiger partial charge is 0.233 e. The molecule has 0 aliphatic carbocycles. The SMILES string of the molecule is CC(Sc1nnc(CN2CCCCC2)n1-c1ccccc1)C(=O)NCc1cccs1. The number of nitrogens with one attached hydrogen (secondary N) is 1. The zero-order valence-electron chi connectivity index (χ0n) is 17.2. The van der Waals surface area contributed by atoms with Crippen LogP contribution in [0.4, 0.5) is 0 Å². The van der Waals surface area contributed by atoms with Gasteiger partial charge in [0.15, 0.2) is 11.0 Å². The molecule has 158 valence electrons. The molecule has 3 heterocycles. The van der Waals surface area contributed by atoms with Crippen molar-refractivity contribution in [3.63, 3.8) is 0 Å². The van der Waals surface area contributed by atoms with Crippen molar-refractivity contribution in [2.24, 2.45) is 0 Å². The number of piperidine rings is 1. The van der Waals surface area contributed by atoms with Crippen LogP contribution in [0.2, 0.25) is 0 Å². The van der Waals surface area contributed by atoms with Crippen LogP contribution in [0.3, 0.4) is 0 Å². The molecule has 6 nitrogen and oxygen atoms in total. The third kappa shape index (κ3) is 5.30. The molecule has 1 aliphatic heterocycles. The second kappa shape index (κ2) is 10.2. The van der Waals surface area contributed by atoms with Crippen molar-refractivity contribution in [1.29, 1.82) is 0 Å². The summed E-state index contributed by atoms with van der Waals surface area (Å²) in [4.78, 5) is 16.2. The Balaban J connectivity index is 1.49. The maximum atomic E-state index is 12.6. The molecule has 2 aromatic heterocycles. The lowest BCUT2D eigenvalue weighted by Gasteiger charge is -2.26. The molecule has 3 aromatic rings. The fourth-order valence-corrected chi connectivity index (χ4v) is 5.13. The second-order valence-electron chi connectivity index (χ2n) is 7.46. The van der Waals surface area contributed by atoms with Gasteiger partial charge in [0.1, 0.15) is 0 Å². The number of para-hydroxylation sites is 1.